The summed E-state index contributed by atoms with van der Waals surface area (Å²) in [6.07, 6.45) is 4.60. The number of nitrogens with one attached hydrogen (secondary N) is 1. The molecule has 0 saturated carbocycles. The number of carbonyl (C=O) groups is 1. The standard InChI is InChI=1S/C29H33N3O2S/c1-7-32-25-11-10-22(34-6)17-24(25)29(5,18-23-9-8-14-35-23)26(32)12-13-30-31-28(33)27-20(3)15-19(2)16-21(27)4/h8-17H,7,18H2,1-6H3,(H,31,33)/b26-12-,30-13+. The Kier molecular flexibility index (Phi) is 7.13. The lowest BCUT2D eigenvalue weighted by Gasteiger charge is -2.29. The Bertz CT molecular complexity index is 1270. The van der Waals surface area contributed by atoms with Gasteiger partial charge in [0.2, 0.25) is 0 Å². The lowest BCUT2D eigenvalue weighted by atomic mass is 9.78. The van der Waals surface area contributed by atoms with Gasteiger partial charge in [-0.1, -0.05) is 23.8 Å². The molecule has 0 saturated heterocycles. The van der Waals surface area contributed by atoms with Crippen LogP contribution in [0.4, 0.5) is 5.69 Å². The summed E-state index contributed by atoms with van der Waals surface area (Å²) >= 11 is 1.77. The lowest BCUT2D eigenvalue weighted by molar-refractivity contribution is 0.0954. The van der Waals surface area contributed by atoms with Crippen LogP contribution in [0.1, 0.15) is 51.3 Å². The van der Waals surface area contributed by atoms with Crippen LogP contribution in [0.15, 0.2) is 64.7 Å². The molecule has 0 radical (unpaired) electrons. The highest BCUT2D eigenvalue weighted by molar-refractivity contribution is 7.09. The molecule has 1 aliphatic heterocycles. The molecule has 1 aromatic heterocycles. The van der Waals surface area contributed by atoms with E-state index < -0.39 is 0 Å². The number of amides is 1. The summed E-state index contributed by atoms with van der Waals surface area (Å²) in [7, 11) is 1.70. The van der Waals surface area contributed by atoms with Gasteiger partial charge in [-0.05, 0) is 93.5 Å². The molecule has 0 fully saturated rings. The number of thiophene rings is 1. The number of anilines is 1. The zero-order chi connectivity index (χ0) is 25.2. The van der Waals surface area contributed by atoms with Gasteiger partial charge in [-0.2, -0.15) is 5.10 Å². The summed E-state index contributed by atoms with van der Waals surface area (Å²) in [6.45, 7) is 11.2. The van der Waals surface area contributed by atoms with Gasteiger partial charge in [0.1, 0.15) is 5.75 Å². The second-order valence-corrected chi connectivity index (χ2v) is 10.3. The summed E-state index contributed by atoms with van der Waals surface area (Å²) in [4.78, 5) is 16.5. The number of hydrogen-bond acceptors (Lipinski definition) is 5. The van der Waals surface area contributed by atoms with Gasteiger partial charge in [-0.15, -0.1) is 11.3 Å². The summed E-state index contributed by atoms with van der Waals surface area (Å²) in [5, 5.41) is 6.41. The monoisotopic (exact) mass is 487 g/mol. The average Bonchev–Trinajstić information content (AvgIpc) is 3.40. The highest BCUT2D eigenvalue weighted by Gasteiger charge is 2.43. The Balaban J connectivity index is 1.66. The molecule has 1 aliphatic rings. The number of fused-ring (bicyclic) bond motifs is 1. The minimum Gasteiger partial charge on any atom is -0.497 e. The molecule has 4 rings (SSSR count). The van der Waals surface area contributed by atoms with Crippen molar-refractivity contribution >= 4 is 29.1 Å². The van der Waals surface area contributed by atoms with E-state index in [-0.39, 0.29) is 11.3 Å². The van der Waals surface area contributed by atoms with Crippen LogP contribution >= 0.6 is 11.3 Å². The van der Waals surface area contributed by atoms with Crippen LogP contribution in [0.2, 0.25) is 0 Å². The molecular weight excluding hydrogens is 454 g/mol. The predicted octanol–water partition coefficient (Wildman–Crippen LogP) is 6.32. The number of carbonyl (C=O) groups excluding carboxylic acids is 1. The van der Waals surface area contributed by atoms with Gasteiger partial charge in [-0.25, -0.2) is 5.43 Å². The molecule has 182 valence electrons. The number of benzene rings is 2. The van der Waals surface area contributed by atoms with Crippen molar-refractivity contribution in [1.29, 1.82) is 0 Å². The molecular formula is C29H33N3O2S. The number of rotatable bonds is 7. The number of hydrazone groups is 1. The van der Waals surface area contributed by atoms with Gasteiger partial charge >= 0.3 is 0 Å². The smallest absolute Gasteiger partial charge is 0.271 e. The molecule has 0 aliphatic carbocycles. The molecule has 5 nitrogen and oxygen atoms in total. The first-order valence-corrected chi connectivity index (χ1v) is 12.8. The fraction of sp³-hybridized carbons (Fsp3) is 0.310. The van der Waals surface area contributed by atoms with Crippen LogP contribution in [-0.4, -0.2) is 25.8 Å². The first kappa shape index (κ1) is 24.7. The molecule has 6 heteroatoms. The van der Waals surface area contributed by atoms with E-state index in [2.05, 4.69) is 58.9 Å². The third-order valence-corrected chi connectivity index (χ3v) is 7.62. The van der Waals surface area contributed by atoms with Crippen LogP contribution in [0.5, 0.6) is 5.75 Å². The van der Waals surface area contributed by atoms with E-state index in [9.17, 15) is 4.79 Å². The van der Waals surface area contributed by atoms with E-state index in [4.69, 9.17) is 4.74 Å². The number of ether oxygens (including phenoxy) is 1. The van der Waals surface area contributed by atoms with E-state index in [1.165, 1.54) is 16.1 Å². The van der Waals surface area contributed by atoms with E-state index in [0.717, 1.165) is 41.1 Å². The van der Waals surface area contributed by atoms with Crippen molar-refractivity contribution in [1.82, 2.24) is 5.43 Å². The van der Waals surface area contributed by atoms with Crippen LogP contribution in [0, 0.1) is 20.8 Å². The van der Waals surface area contributed by atoms with E-state index >= 15 is 0 Å². The normalized spacial score (nSPS) is 18.3. The maximum absolute atomic E-state index is 12.8. The molecule has 0 spiro atoms. The van der Waals surface area contributed by atoms with Gasteiger partial charge in [0, 0.05) is 40.0 Å². The van der Waals surface area contributed by atoms with E-state index in [1.54, 1.807) is 24.7 Å². The third-order valence-electron chi connectivity index (χ3n) is 6.75. The highest BCUT2D eigenvalue weighted by Crippen LogP contribution is 2.50. The maximum Gasteiger partial charge on any atom is 0.271 e. The summed E-state index contributed by atoms with van der Waals surface area (Å²) in [6, 6.07) is 14.6. The number of allylic oxidation sites excluding steroid dienone is 2. The Morgan fingerprint density at radius 2 is 1.91 bits per heavy atom. The van der Waals surface area contributed by atoms with Crippen LogP contribution < -0.4 is 15.1 Å². The molecule has 3 aromatic rings. The second-order valence-electron chi connectivity index (χ2n) is 9.26. The Labute approximate surface area is 212 Å². The van der Waals surface area contributed by atoms with Crippen molar-refractivity contribution in [3.63, 3.8) is 0 Å². The number of methoxy groups -OCH3 is 1. The molecule has 1 amide bonds. The molecule has 0 bridgehead atoms. The zero-order valence-electron chi connectivity index (χ0n) is 21.3. The lowest BCUT2D eigenvalue weighted by Crippen LogP contribution is -2.30. The average molecular weight is 488 g/mol. The third kappa shape index (κ3) is 4.76. The van der Waals surface area contributed by atoms with Gasteiger partial charge in [0.15, 0.2) is 0 Å². The van der Waals surface area contributed by atoms with Gasteiger partial charge < -0.3 is 9.64 Å². The molecule has 1 unspecified atom stereocenters. The summed E-state index contributed by atoms with van der Waals surface area (Å²) < 4.78 is 5.56. The quantitative estimate of drug-likeness (QED) is 0.313. The number of nitrogens with zero attached hydrogens (tertiary/aromatic N) is 2. The molecule has 2 aromatic carbocycles. The number of hydrogen-bond donors (Lipinski definition) is 1. The zero-order valence-corrected chi connectivity index (χ0v) is 22.1. The van der Waals surface area contributed by atoms with Crippen LogP contribution in [0.3, 0.4) is 0 Å². The van der Waals surface area contributed by atoms with Crippen molar-refractivity contribution in [2.75, 3.05) is 18.6 Å². The molecule has 35 heavy (non-hydrogen) atoms. The fourth-order valence-corrected chi connectivity index (χ4v) is 6.11. The van der Waals surface area contributed by atoms with Gasteiger partial charge in [0.05, 0.1) is 7.11 Å². The summed E-state index contributed by atoms with van der Waals surface area (Å²) in [5.41, 5.74) is 9.76. The molecule has 2 heterocycles. The summed E-state index contributed by atoms with van der Waals surface area (Å²) in [5.74, 6) is 0.658. The van der Waals surface area contributed by atoms with Crippen molar-refractivity contribution in [2.24, 2.45) is 5.10 Å². The Morgan fingerprint density at radius 1 is 1.17 bits per heavy atom. The van der Waals surface area contributed by atoms with Gasteiger partial charge in [0.25, 0.3) is 5.91 Å². The second kappa shape index (κ2) is 10.1. The minimum absolute atomic E-state index is 0.192. The number of aryl methyl sites for hydroxylation is 3. The molecule has 1 atom stereocenters. The Hall–Kier alpha value is -3.38. The van der Waals surface area contributed by atoms with Crippen molar-refractivity contribution < 1.29 is 9.53 Å². The van der Waals surface area contributed by atoms with Gasteiger partial charge in [-0.3, -0.25) is 4.79 Å². The topological polar surface area (TPSA) is 53.9 Å². The largest absolute Gasteiger partial charge is 0.497 e. The number of likely N-dealkylation sites (N-methyl/N-ethyl adjacent to an activating group) is 1. The van der Waals surface area contributed by atoms with Crippen LogP contribution in [0.25, 0.3) is 0 Å². The highest BCUT2D eigenvalue weighted by atomic mass is 32.1. The van der Waals surface area contributed by atoms with Crippen molar-refractivity contribution in [2.45, 2.75) is 46.5 Å². The maximum atomic E-state index is 12.8. The SMILES string of the molecule is CCN1/C(=C\C=N\NC(=O)c2c(C)cc(C)cc2C)C(C)(Cc2cccs2)c2cc(OC)ccc21. The predicted molar refractivity (Wildman–Crippen MR) is 146 cm³/mol. The Morgan fingerprint density at radius 3 is 2.54 bits per heavy atom. The van der Waals surface area contributed by atoms with Crippen molar-refractivity contribution in [3.8, 4) is 5.75 Å². The molecule has 1 N–H and O–H groups in total. The van der Waals surface area contributed by atoms with E-state index in [0.29, 0.717) is 5.56 Å². The van der Waals surface area contributed by atoms with Crippen molar-refractivity contribution in [3.05, 3.63) is 92.3 Å². The minimum atomic E-state index is -0.259. The van der Waals surface area contributed by atoms with Crippen LogP contribution in [-0.2, 0) is 11.8 Å². The first-order chi connectivity index (χ1) is 16.8. The first-order valence-electron chi connectivity index (χ1n) is 11.9. The fourth-order valence-electron chi connectivity index (χ4n) is 5.24. The van der Waals surface area contributed by atoms with E-state index in [1.807, 2.05) is 45.0 Å².